The second kappa shape index (κ2) is 12.7. The van der Waals surface area contributed by atoms with Gasteiger partial charge >= 0.3 is 0 Å². The number of para-hydroxylation sites is 1. The number of rotatable bonds is 6. The van der Waals surface area contributed by atoms with Gasteiger partial charge in [0.1, 0.15) is 0 Å². The SMILES string of the molecule is c1ccc(-c2ccc(N(c3ccc(-c4cccc5c4sc4c6ccccc6ccc54)cc3)c3ccccc3-c3ccc4ccccc4c3)cc2)cc1. The summed E-state index contributed by atoms with van der Waals surface area (Å²) >= 11 is 1.91. The first kappa shape index (κ1) is 30.4. The van der Waals surface area contributed by atoms with Crippen LogP contribution in [0, 0.1) is 0 Å². The van der Waals surface area contributed by atoms with E-state index in [0.717, 1.165) is 17.1 Å². The summed E-state index contributed by atoms with van der Waals surface area (Å²) in [6.45, 7) is 0. The molecule has 0 atom stereocenters. The monoisotopic (exact) mass is 679 g/mol. The molecule has 10 rings (SSSR count). The molecule has 0 spiro atoms. The predicted octanol–water partition coefficient (Wildman–Crippen LogP) is 14.8. The minimum Gasteiger partial charge on any atom is -0.310 e. The summed E-state index contributed by atoms with van der Waals surface area (Å²) in [7, 11) is 0. The van der Waals surface area contributed by atoms with Crippen LogP contribution in [-0.4, -0.2) is 0 Å². The van der Waals surface area contributed by atoms with Crippen LogP contribution in [0.5, 0.6) is 0 Å². The van der Waals surface area contributed by atoms with Crippen molar-refractivity contribution in [3.8, 4) is 33.4 Å². The lowest BCUT2D eigenvalue weighted by Crippen LogP contribution is -2.11. The standard InChI is InChI=1S/C50H33NS/c1-2-11-34(12-3-1)36-23-28-41(29-24-36)51(48-20-9-8-16-43(48)40-22-21-35-13-4-5-15-39(35)33-40)42-30-25-38(26-31-42)45-18-10-19-46-47-32-27-37-14-6-7-17-44(37)50(47)52-49(45)46/h1-33H. The zero-order chi connectivity index (χ0) is 34.4. The van der Waals surface area contributed by atoms with E-state index in [4.69, 9.17) is 0 Å². The maximum Gasteiger partial charge on any atom is 0.0540 e. The molecule has 0 aliphatic rings. The predicted molar refractivity (Wildman–Crippen MR) is 225 cm³/mol. The number of nitrogens with zero attached hydrogens (tertiary/aromatic N) is 1. The Morgan fingerprint density at radius 1 is 0.308 bits per heavy atom. The molecular weight excluding hydrogens is 647 g/mol. The first-order valence-corrected chi connectivity index (χ1v) is 18.6. The van der Waals surface area contributed by atoms with Crippen molar-refractivity contribution >= 4 is 70.1 Å². The minimum absolute atomic E-state index is 1.11. The molecule has 0 saturated heterocycles. The van der Waals surface area contributed by atoms with Crippen molar-refractivity contribution in [1.29, 1.82) is 0 Å². The molecule has 0 radical (unpaired) electrons. The van der Waals surface area contributed by atoms with Crippen LogP contribution >= 0.6 is 11.3 Å². The normalized spacial score (nSPS) is 11.5. The van der Waals surface area contributed by atoms with E-state index in [9.17, 15) is 0 Å². The van der Waals surface area contributed by atoms with Gasteiger partial charge in [0.2, 0.25) is 0 Å². The third-order valence-corrected chi connectivity index (χ3v) is 11.6. The summed E-state index contributed by atoms with van der Waals surface area (Å²) < 4.78 is 2.68. The molecule has 2 heteroatoms. The zero-order valence-electron chi connectivity index (χ0n) is 28.4. The molecule has 1 aromatic heterocycles. The van der Waals surface area contributed by atoms with Gasteiger partial charge in [0.15, 0.2) is 0 Å². The Hall–Kier alpha value is -6.48. The Bertz CT molecular complexity index is 2890. The lowest BCUT2D eigenvalue weighted by molar-refractivity contribution is 1.28. The molecule has 52 heavy (non-hydrogen) atoms. The average molecular weight is 680 g/mol. The number of fused-ring (bicyclic) bond motifs is 6. The highest BCUT2D eigenvalue weighted by atomic mass is 32.1. The Balaban J connectivity index is 1.11. The van der Waals surface area contributed by atoms with Gasteiger partial charge in [-0.1, -0.05) is 164 Å². The molecule has 0 fully saturated rings. The third kappa shape index (κ3) is 5.24. The van der Waals surface area contributed by atoms with E-state index in [1.165, 1.54) is 75.1 Å². The largest absolute Gasteiger partial charge is 0.310 e. The fourth-order valence-electron chi connectivity index (χ4n) is 7.67. The summed E-state index contributed by atoms with van der Waals surface area (Å²) in [5.41, 5.74) is 10.6. The smallest absolute Gasteiger partial charge is 0.0540 e. The summed E-state index contributed by atoms with van der Waals surface area (Å²) in [4.78, 5) is 2.40. The molecule has 244 valence electrons. The van der Waals surface area contributed by atoms with E-state index in [-0.39, 0.29) is 0 Å². The van der Waals surface area contributed by atoms with Crippen molar-refractivity contribution in [2.24, 2.45) is 0 Å². The number of hydrogen-bond donors (Lipinski definition) is 0. The summed E-state index contributed by atoms with van der Waals surface area (Å²) in [5.74, 6) is 0. The fraction of sp³-hybridized carbons (Fsp3) is 0. The van der Waals surface area contributed by atoms with Crippen LogP contribution in [0.1, 0.15) is 0 Å². The second-order valence-electron chi connectivity index (χ2n) is 13.3. The first-order chi connectivity index (χ1) is 25.8. The van der Waals surface area contributed by atoms with E-state index in [2.05, 4.69) is 205 Å². The maximum atomic E-state index is 2.40. The molecule has 10 aromatic rings. The van der Waals surface area contributed by atoms with Crippen LogP contribution in [0.4, 0.5) is 17.1 Å². The quantitative estimate of drug-likeness (QED) is 0.169. The number of hydrogen-bond acceptors (Lipinski definition) is 2. The highest BCUT2D eigenvalue weighted by Gasteiger charge is 2.19. The van der Waals surface area contributed by atoms with Crippen LogP contribution in [0.3, 0.4) is 0 Å². The molecule has 0 unspecified atom stereocenters. The average Bonchev–Trinajstić information content (AvgIpc) is 3.62. The van der Waals surface area contributed by atoms with Gasteiger partial charge in [0.05, 0.1) is 5.69 Å². The van der Waals surface area contributed by atoms with Gasteiger partial charge in [-0.15, -0.1) is 11.3 Å². The molecule has 0 aliphatic carbocycles. The molecule has 0 amide bonds. The number of thiophene rings is 1. The highest BCUT2D eigenvalue weighted by Crippen LogP contribution is 2.45. The minimum atomic E-state index is 1.11. The number of anilines is 3. The van der Waals surface area contributed by atoms with E-state index in [1.807, 2.05) is 11.3 Å². The third-order valence-electron chi connectivity index (χ3n) is 10.3. The van der Waals surface area contributed by atoms with Crippen LogP contribution in [-0.2, 0) is 0 Å². The van der Waals surface area contributed by atoms with E-state index in [1.54, 1.807) is 0 Å². The van der Waals surface area contributed by atoms with Crippen LogP contribution in [0.25, 0.3) is 75.1 Å². The Morgan fingerprint density at radius 2 is 0.865 bits per heavy atom. The van der Waals surface area contributed by atoms with Crippen molar-refractivity contribution in [3.05, 3.63) is 200 Å². The Labute approximate surface area is 307 Å². The van der Waals surface area contributed by atoms with Crippen LogP contribution < -0.4 is 4.90 Å². The lowest BCUT2D eigenvalue weighted by Gasteiger charge is -2.28. The van der Waals surface area contributed by atoms with Crippen LogP contribution in [0.15, 0.2) is 200 Å². The molecular formula is C50H33NS. The number of benzene rings is 9. The fourth-order valence-corrected chi connectivity index (χ4v) is 9.05. The van der Waals surface area contributed by atoms with Crippen molar-refractivity contribution in [1.82, 2.24) is 0 Å². The maximum absolute atomic E-state index is 2.40. The van der Waals surface area contributed by atoms with Crippen molar-refractivity contribution in [2.75, 3.05) is 4.90 Å². The van der Waals surface area contributed by atoms with Gasteiger partial charge in [-0.3, -0.25) is 0 Å². The Morgan fingerprint density at radius 3 is 1.67 bits per heavy atom. The van der Waals surface area contributed by atoms with Gasteiger partial charge < -0.3 is 4.90 Å². The van der Waals surface area contributed by atoms with Gasteiger partial charge in [-0.25, -0.2) is 0 Å². The van der Waals surface area contributed by atoms with Gasteiger partial charge in [0, 0.05) is 37.1 Å². The van der Waals surface area contributed by atoms with Crippen molar-refractivity contribution < 1.29 is 0 Å². The van der Waals surface area contributed by atoms with Gasteiger partial charge in [0.25, 0.3) is 0 Å². The second-order valence-corrected chi connectivity index (χ2v) is 14.3. The molecule has 0 aliphatic heterocycles. The lowest BCUT2D eigenvalue weighted by atomic mass is 9.98. The van der Waals surface area contributed by atoms with Gasteiger partial charge in [-0.2, -0.15) is 0 Å². The van der Waals surface area contributed by atoms with E-state index in [0.29, 0.717) is 0 Å². The molecule has 0 saturated carbocycles. The molecule has 1 nitrogen and oxygen atoms in total. The molecule has 9 aromatic carbocycles. The van der Waals surface area contributed by atoms with Crippen molar-refractivity contribution in [3.63, 3.8) is 0 Å². The molecule has 0 bridgehead atoms. The summed E-state index contributed by atoms with van der Waals surface area (Å²) in [6, 6.07) is 72.8. The van der Waals surface area contributed by atoms with Crippen LogP contribution in [0.2, 0.25) is 0 Å². The molecule has 1 heterocycles. The van der Waals surface area contributed by atoms with E-state index < -0.39 is 0 Å². The van der Waals surface area contributed by atoms with Crippen molar-refractivity contribution in [2.45, 2.75) is 0 Å². The topological polar surface area (TPSA) is 3.24 Å². The van der Waals surface area contributed by atoms with E-state index >= 15 is 0 Å². The summed E-state index contributed by atoms with van der Waals surface area (Å²) in [5, 5.41) is 7.73. The first-order valence-electron chi connectivity index (χ1n) is 17.8. The molecule has 0 N–H and O–H groups in total. The highest BCUT2D eigenvalue weighted by molar-refractivity contribution is 7.27. The Kier molecular flexibility index (Phi) is 7.41. The van der Waals surface area contributed by atoms with Gasteiger partial charge in [-0.05, 0) is 85.8 Å². The summed E-state index contributed by atoms with van der Waals surface area (Å²) in [6.07, 6.45) is 0. The zero-order valence-corrected chi connectivity index (χ0v) is 29.2.